The van der Waals surface area contributed by atoms with Crippen LogP contribution in [0.5, 0.6) is 0 Å². The Balaban J connectivity index is 0. The fourth-order valence-electron chi connectivity index (χ4n) is 0.585. The van der Waals surface area contributed by atoms with Gasteiger partial charge in [-0.2, -0.15) is 0 Å². The Morgan fingerprint density at radius 3 is 2.23 bits per heavy atom. The van der Waals surface area contributed by atoms with Crippen molar-refractivity contribution in [3.63, 3.8) is 0 Å². The lowest BCUT2D eigenvalue weighted by atomic mass is 10.1. The lowest BCUT2D eigenvalue weighted by Crippen LogP contribution is -2.38. The molecule has 0 aliphatic heterocycles. The number of carbonyl (C=O) groups is 1. The first kappa shape index (κ1) is 15.0. The smallest absolute Gasteiger partial charge is 0.328 e. The normalized spacial score (nSPS) is 11.8. The molecule has 4 heteroatoms. The van der Waals surface area contributed by atoms with Gasteiger partial charge in [-0.1, -0.05) is 6.08 Å². The van der Waals surface area contributed by atoms with Crippen LogP contribution in [0.2, 0.25) is 0 Å². The van der Waals surface area contributed by atoms with E-state index in [1.165, 1.54) is 6.08 Å². The molecule has 3 nitrogen and oxygen atoms in total. The zero-order valence-electron chi connectivity index (χ0n) is 8.57. The number of hydrogen-bond acceptors (Lipinski definition) is 2. The van der Waals surface area contributed by atoms with Crippen molar-refractivity contribution in [2.75, 3.05) is 13.6 Å². The van der Waals surface area contributed by atoms with E-state index in [1.54, 1.807) is 6.08 Å². The monoisotopic (exact) mass is 207 g/mol. The van der Waals surface area contributed by atoms with E-state index in [4.69, 9.17) is 5.11 Å². The Hall–Kier alpha value is -0.540. The molecule has 0 heterocycles. The highest BCUT2D eigenvalue weighted by Crippen LogP contribution is 2.09. The molecule has 78 valence electrons. The minimum atomic E-state index is -0.891. The van der Waals surface area contributed by atoms with Crippen LogP contribution in [-0.2, 0) is 4.79 Å². The summed E-state index contributed by atoms with van der Waals surface area (Å²) in [4.78, 5) is 12.2. The summed E-state index contributed by atoms with van der Waals surface area (Å²) in [6.07, 6.45) is 2.82. The van der Waals surface area contributed by atoms with Crippen LogP contribution < -0.4 is 0 Å². The van der Waals surface area contributed by atoms with Crippen LogP contribution in [-0.4, -0.2) is 35.1 Å². The second kappa shape index (κ2) is 6.00. The van der Waals surface area contributed by atoms with Crippen molar-refractivity contribution in [3.8, 4) is 0 Å². The quantitative estimate of drug-likeness (QED) is 0.718. The third kappa shape index (κ3) is 7.81. The molecule has 0 aromatic heterocycles. The lowest BCUT2D eigenvalue weighted by Gasteiger charge is -2.30. The highest BCUT2D eigenvalue weighted by atomic mass is 35.5. The second-order valence-corrected chi connectivity index (χ2v) is 3.79. The summed E-state index contributed by atoms with van der Waals surface area (Å²) >= 11 is 0. The number of carboxylic acid groups (broad SMARTS) is 1. The Kier molecular flexibility index (Phi) is 6.90. The Morgan fingerprint density at radius 2 is 1.92 bits per heavy atom. The molecule has 13 heavy (non-hydrogen) atoms. The molecule has 0 fully saturated rings. The third-order valence-corrected chi connectivity index (χ3v) is 1.78. The average Bonchev–Trinajstić information content (AvgIpc) is 1.84. The minimum absolute atomic E-state index is 0. The number of rotatable bonds is 3. The molecule has 0 radical (unpaired) electrons. The highest BCUT2D eigenvalue weighted by molar-refractivity contribution is 5.85. The number of carboxylic acids is 1. The predicted molar refractivity (Wildman–Crippen MR) is 56.4 cm³/mol. The van der Waals surface area contributed by atoms with Crippen LogP contribution in [0.1, 0.15) is 20.8 Å². The van der Waals surface area contributed by atoms with Crippen molar-refractivity contribution in [1.29, 1.82) is 0 Å². The first-order valence-corrected chi connectivity index (χ1v) is 3.95. The minimum Gasteiger partial charge on any atom is -0.478 e. The number of aliphatic carboxylic acids is 1. The van der Waals surface area contributed by atoms with E-state index in [1.807, 2.05) is 7.05 Å². The summed E-state index contributed by atoms with van der Waals surface area (Å²) < 4.78 is 0. The molecule has 0 atom stereocenters. The van der Waals surface area contributed by atoms with Crippen LogP contribution in [0.15, 0.2) is 12.2 Å². The summed E-state index contributed by atoms with van der Waals surface area (Å²) in [6, 6.07) is 0. The molecule has 0 saturated carbocycles. The van der Waals surface area contributed by atoms with E-state index in [0.29, 0.717) is 6.54 Å². The van der Waals surface area contributed by atoms with Gasteiger partial charge in [0.2, 0.25) is 0 Å². The molecule has 0 aliphatic carbocycles. The topological polar surface area (TPSA) is 40.5 Å². The summed E-state index contributed by atoms with van der Waals surface area (Å²) in [5.41, 5.74) is 0.0862. The van der Waals surface area contributed by atoms with E-state index >= 15 is 0 Å². The number of hydrogen-bond donors (Lipinski definition) is 1. The van der Waals surface area contributed by atoms with Crippen molar-refractivity contribution < 1.29 is 9.90 Å². The Morgan fingerprint density at radius 1 is 1.46 bits per heavy atom. The van der Waals surface area contributed by atoms with Crippen molar-refractivity contribution in [2.45, 2.75) is 26.3 Å². The largest absolute Gasteiger partial charge is 0.478 e. The Bertz CT molecular complexity index is 185. The van der Waals surface area contributed by atoms with Gasteiger partial charge in [0.05, 0.1) is 0 Å². The molecule has 0 saturated heterocycles. The second-order valence-electron chi connectivity index (χ2n) is 3.79. The predicted octanol–water partition coefficient (Wildman–Crippen LogP) is 1.78. The fourth-order valence-corrected chi connectivity index (χ4v) is 0.585. The molecule has 0 unspecified atom stereocenters. The summed E-state index contributed by atoms with van der Waals surface area (Å²) in [7, 11) is 1.96. The summed E-state index contributed by atoms with van der Waals surface area (Å²) in [5.74, 6) is -0.891. The molecule has 0 aromatic carbocycles. The summed E-state index contributed by atoms with van der Waals surface area (Å²) in [6.45, 7) is 6.92. The zero-order chi connectivity index (χ0) is 9.78. The maximum atomic E-state index is 10.1. The van der Waals surface area contributed by atoms with E-state index < -0.39 is 5.97 Å². The van der Waals surface area contributed by atoms with E-state index in [2.05, 4.69) is 25.7 Å². The van der Waals surface area contributed by atoms with Gasteiger partial charge in [-0.15, -0.1) is 12.4 Å². The molecular weight excluding hydrogens is 190 g/mol. The zero-order valence-corrected chi connectivity index (χ0v) is 9.39. The van der Waals surface area contributed by atoms with Crippen LogP contribution >= 0.6 is 12.4 Å². The maximum Gasteiger partial charge on any atom is 0.328 e. The molecule has 0 bridgehead atoms. The van der Waals surface area contributed by atoms with Gasteiger partial charge >= 0.3 is 5.97 Å². The van der Waals surface area contributed by atoms with Gasteiger partial charge in [0.15, 0.2) is 0 Å². The van der Waals surface area contributed by atoms with Gasteiger partial charge in [0.1, 0.15) is 0 Å². The highest BCUT2D eigenvalue weighted by Gasteiger charge is 2.14. The number of nitrogens with zero attached hydrogens (tertiary/aromatic N) is 1. The van der Waals surface area contributed by atoms with Crippen molar-refractivity contribution >= 4 is 18.4 Å². The number of halogens is 1. The molecule has 0 amide bonds. The first-order chi connectivity index (χ1) is 5.34. The average molecular weight is 208 g/mol. The molecule has 1 N–H and O–H groups in total. The van der Waals surface area contributed by atoms with Gasteiger partial charge in [-0.3, -0.25) is 4.90 Å². The van der Waals surface area contributed by atoms with Gasteiger partial charge in [-0.05, 0) is 27.8 Å². The van der Waals surface area contributed by atoms with Gasteiger partial charge in [0, 0.05) is 18.2 Å². The first-order valence-electron chi connectivity index (χ1n) is 3.95. The molecule has 0 rings (SSSR count). The molecule has 0 spiro atoms. The van der Waals surface area contributed by atoms with E-state index in [-0.39, 0.29) is 17.9 Å². The van der Waals surface area contributed by atoms with Crippen LogP contribution in [0.4, 0.5) is 0 Å². The van der Waals surface area contributed by atoms with E-state index in [9.17, 15) is 4.79 Å². The third-order valence-electron chi connectivity index (χ3n) is 1.78. The standard InChI is InChI=1S/C9H17NO2.ClH/c1-9(2,3)10(4)7-5-6-8(11)12;/h5-6H,7H2,1-4H3,(H,11,12);1H/b6-5+;. The van der Waals surface area contributed by atoms with Crippen LogP contribution in [0.25, 0.3) is 0 Å². The molecular formula is C9H18ClNO2. The molecule has 0 aromatic rings. The Labute approximate surface area is 85.8 Å². The lowest BCUT2D eigenvalue weighted by molar-refractivity contribution is -0.131. The van der Waals surface area contributed by atoms with Crippen LogP contribution in [0, 0.1) is 0 Å². The van der Waals surface area contributed by atoms with Crippen molar-refractivity contribution in [3.05, 3.63) is 12.2 Å². The van der Waals surface area contributed by atoms with Gasteiger partial charge < -0.3 is 5.11 Å². The van der Waals surface area contributed by atoms with Gasteiger partial charge in [0.25, 0.3) is 0 Å². The van der Waals surface area contributed by atoms with Crippen molar-refractivity contribution in [2.24, 2.45) is 0 Å². The molecule has 0 aliphatic rings. The van der Waals surface area contributed by atoms with E-state index in [0.717, 1.165) is 0 Å². The SMILES string of the molecule is CN(C/C=C/C(=O)O)C(C)(C)C.Cl. The maximum absolute atomic E-state index is 10.1. The van der Waals surface area contributed by atoms with Crippen molar-refractivity contribution in [1.82, 2.24) is 4.90 Å². The number of likely N-dealkylation sites (N-methyl/N-ethyl adjacent to an activating group) is 1. The fraction of sp³-hybridized carbons (Fsp3) is 0.667. The van der Waals surface area contributed by atoms with Crippen LogP contribution in [0.3, 0.4) is 0 Å². The summed E-state index contributed by atoms with van der Waals surface area (Å²) in [5, 5.41) is 8.32. The van der Waals surface area contributed by atoms with Gasteiger partial charge in [-0.25, -0.2) is 4.79 Å².